The predicted octanol–water partition coefficient (Wildman–Crippen LogP) is 5.11. The maximum atomic E-state index is 13.0. The number of rotatable bonds is 5. The molecule has 160 valence electrons. The maximum Gasteiger partial charge on any atom is 0.345 e. The van der Waals surface area contributed by atoms with Crippen molar-refractivity contribution in [1.82, 2.24) is 9.36 Å². The van der Waals surface area contributed by atoms with Gasteiger partial charge in [0.15, 0.2) is 5.69 Å². The first-order valence-electron chi connectivity index (χ1n) is 9.91. The average Bonchev–Trinajstić information content (AvgIpc) is 3.02. The fourth-order valence-electron chi connectivity index (χ4n) is 3.30. The van der Waals surface area contributed by atoms with Gasteiger partial charge in [-0.3, -0.25) is 9.48 Å². The normalized spacial score (nSPS) is 11.1. The summed E-state index contributed by atoms with van der Waals surface area (Å²) in [6.07, 6.45) is 1.52. The van der Waals surface area contributed by atoms with E-state index >= 15 is 0 Å². The molecule has 3 aromatic carbocycles. The van der Waals surface area contributed by atoms with Gasteiger partial charge in [0.2, 0.25) is 0 Å². The van der Waals surface area contributed by atoms with Crippen LogP contribution in [0.25, 0.3) is 5.69 Å². The first-order valence-corrected chi connectivity index (χ1v) is 10.3. The number of ether oxygens (including phenoxy) is 1. The highest BCUT2D eigenvalue weighted by Gasteiger charge is 2.16. The van der Waals surface area contributed by atoms with Gasteiger partial charge in [0, 0.05) is 18.8 Å². The fraction of sp³-hybridized carbons (Fsp3) is 0.0800. The zero-order valence-electron chi connectivity index (χ0n) is 17.5. The molecule has 0 aliphatic carbocycles. The van der Waals surface area contributed by atoms with Gasteiger partial charge in [-0.15, -0.1) is 0 Å². The van der Waals surface area contributed by atoms with Crippen LogP contribution in [0.15, 0.2) is 88.6 Å². The van der Waals surface area contributed by atoms with Gasteiger partial charge in [-0.2, -0.15) is 0 Å². The molecular formula is C25H20ClN3O3. The van der Waals surface area contributed by atoms with Crippen molar-refractivity contribution >= 4 is 29.5 Å². The summed E-state index contributed by atoms with van der Waals surface area (Å²) in [5.41, 5.74) is 2.35. The van der Waals surface area contributed by atoms with Crippen LogP contribution in [0.3, 0.4) is 0 Å². The standard InChI is InChI=1S/C25H20ClN3O3/c1-17-23(24(30)29(28(17)2)19-11-4-3-5-12-19)27-16-18-10-6-9-15-22(18)32-25(31)20-13-7-8-14-21(20)26/h3-16H,1-2H3. The molecule has 0 atom stereocenters. The molecule has 1 heterocycles. The molecule has 0 aliphatic rings. The van der Waals surface area contributed by atoms with Gasteiger partial charge < -0.3 is 4.74 Å². The molecule has 6 nitrogen and oxygen atoms in total. The lowest BCUT2D eigenvalue weighted by Gasteiger charge is -2.08. The number of aromatic nitrogens is 2. The third-order valence-corrected chi connectivity index (χ3v) is 5.40. The summed E-state index contributed by atoms with van der Waals surface area (Å²) in [4.78, 5) is 30.1. The van der Waals surface area contributed by atoms with Crippen molar-refractivity contribution in [1.29, 1.82) is 0 Å². The molecule has 0 radical (unpaired) electrons. The molecule has 4 rings (SSSR count). The van der Waals surface area contributed by atoms with E-state index in [1.54, 1.807) is 57.9 Å². The first-order chi connectivity index (χ1) is 15.5. The highest BCUT2D eigenvalue weighted by molar-refractivity contribution is 6.33. The van der Waals surface area contributed by atoms with Gasteiger partial charge in [0.05, 0.1) is 22.0 Å². The topological polar surface area (TPSA) is 65.6 Å². The van der Waals surface area contributed by atoms with Crippen LogP contribution in [0, 0.1) is 6.92 Å². The van der Waals surface area contributed by atoms with Crippen molar-refractivity contribution in [3.05, 3.63) is 111 Å². The summed E-state index contributed by atoms with van der Waals surface area (Å²) in [5, 5.41) is 0.310. The van der Waals surface area contributed by atoms with Crippen LogP contribution in [0.4, 0.5) is 5.69 Å². The number of benzene rings is 3. The summed E-state index contributed by atoms with van der Waals surface area (Å²) >= 11 is 6.10. The molecule has 7 heteroatoms. The van der Waals surface area contributed by atoms with Crippen molar-refractivity contribution in [3.8, 4) is 11.4 Å². The molecule has 1 aromatic heterocycles. The first kappa shape index (κ1) is 21.3. The minimum absolute atomic E-state index is 0.238. The quantitative estimate of drug-likeness (QED) is 0.243. The van der Waals surface area contributed by atoms with E-state index in [-0.39, 0.29) is 11.1 Å². The maximum absolute atomic E-state index is 13.0. The van der Waals surface area contributed by atoms with Gasteiger partial charge in [-0.05, 0) is 43.3 Å². The summed E-state index contributed by atoms with van der Waals surface area (Å²) in [6, 6.07) is 23.0. The van der Waals surface area contributed by atoms with Crippen LogP contribution < -0.4 is 10.3 Å². The molecule has 0 unspecified atom stereocenters. The van der Waals surface area contributed by atoms with E-state index < -0.39 is 5.97 Å². The van der Waals surface area contributed by atoms with Crippen LogP contribution >= 0.6 is 11.6 Å². The number of aliphatic imine (C=N–C) groups is 1. The zero-order valence-corrected chi connectivity index (χ0v) is 18.3. The summed E-state index contributed by atoms with van der Waals surface area (Å²) in [6.45, 7) is 1.83. The highest BCUT2D eigenvalue weighted by Crippen LogP contribution is 2.22. The molecule has 0 fully saturated rings. The van der Waals surface area contributed by atoms with Crippen LogP contribution in [-0.2, 0) is 7.05 Å². The second-order valence-electron chi connectivity index (χ2n) is 7.08. The third kappa shape index (κ3) is 4.13. The zero-order chi connectivity index (χ0) is 22.7. The van der Waals surface area contributed by atoms with E-state index in [2.05, 4.69) is 4.99 Å². The lowest BCUT2D eigenvalue weighted by atomic mass is 10.2. The molecule has 0 amide bonds. The number of esters is 1. The largest absolute Gasteiger partial charge is 0.422 e. The van der Waals surface area contributed by atoms with Crippen molar-refractivity contribution in [2.24, 2.45) is 12.0 Å². The van der Waals surface area contributed by atoms with Crippen molar-refractivity contribution in [3.63, 3.8) is 0 Å². The Kier molecular flexibility index (Phi) is 6.05. The molecule has 0 aliphatic heterocycles. The lowest BCUT2D eigenvalue weighted by Crippen LogP contribution is -2.19. The van der Waals surface area contributed by atoms with E-state index in [4.69, 9.17) is 16.3 Å². The molecule has 0 N–H and O–H groups in total. The third-order valence-electron chi connectivity index (χ3n) is 5.07. The van der Waals surface area contributed by atoms with Gasteiger partial charge in [-0.1, -0.05) is 54.1 Å². The second-order valence-corrected chi connectivity index (χ2v) is 7.48. The Hall–Kier alpha value is -3.90. The van der Waals surface area contributed by atoms with Gasteiger partial charge in [0.25, 0.3) is 5.56 Å². The molecule has 4 aromatic rings. The van der Waals surface area contributed by atoms with Crippen molar-refractivity contribution in [2.75, 3.05) is 0 Å². The predicted molar refractivity (Wildman–Crippen MR) is 126 cm³/mol. The monoisotopic (exact) mass is 445 g/mol. The SMILES string of the molecule is Cc1c(N=Cc2ccccc2OC(=O)c2ccccc2Cl)c(=O)n(-c2ccccc2)n1C. The van der Waals surface area contributed by atoms with Gasteiger partial charge in [0.1, 0.15) is 5.75 Å². The second kappa shape index (κ2) is 9.08. The molecule has 0 saturated carbocycles. The van der Waals surface area contributed by atoms with Crippen LogP contribution in [0.1, 0.15) is 21.6 Å². The van der Waals surface area contributed by atoms with Crippen LogP contribution in [-0.4, -0.2) is 21.5 Å². The molecule has 0 spiro atoms. The Morgan fingerprint density at radius 2 is 1.62 bits per heavy atom. The number of hydrogen-bond acceptors (Lipinski definition) is 4. The number of nitrogens with zero attached hydrogens (tertiary/aromatic N) is 3. The van der Waals surface area contributed by atoms with Crippen molar-refractivity contribution in [2.45, 2.75) is 6.92 Å². The van der Waals surface area contributed by atoms with Gasteiger partial charge >= 0.3 is 5.97 Å². The molecular weight excluding hydrogens is 426 g/mol. The minimum Gasteiger partial charge on any atom is -0.422 e. The Morgan fingerprint density at radius 3 is 2.38 bits per heavy atom. The van der Waals surface area contributed by atoms with Crippen molar-refractivity contribution < 1.29 is 9.53 Å². The van der Waals surface area contributed by atoms with E-state index in [1.807, 2.05) is 44.3 Å². The van der Waals surface area contributed by atoms with Crippen LogP contribution in [0.5, 0.6) is 5.75 Å². The summed E-state index contributed by atoms with van der Waals surface area (Å²) in [7, 11) is 1.81. The lowest BCUT2D eigenvalue weighted by molar-refractivity contribution is 0.0734. The number of para-hydroxylation sites is 2. The van der Waals surface area contributed by atoms with E-state index in [1.165, 1.54) is 6.21 Å². The molecule has 0 saturated heterocycles. The molecule has 0 bridgehead atoms. The molecule has 32 heavy (non-hydrogen) atoms. The Morgan fingerprint density at radius 1 is 0.969 bits per heavy atom. The van der Waals surface area contributed by atoms with Crippen LogP contribution in [0.2, 0.25) is 5.02 Å². The number of halogens is 1. The minimum atomic E-state index is -0.571. The Labute approximate surface area is 190 Å². The Bertz CT molecular complexity index is 1370. The van der Waals surface area contributed by atoms with E-state index in [9.17, 15) is 9.59 Å². The average molecular weight is 446 g/mol. The van der Waals surface area contributed by atoms with E-state index in [0.29, 0.717) is 27.7 Å². The number of hydrogen-bond donors (Lipinski definition) is 0. The Balaban J connectivity index is 1.67. The summed E-state index contributed by atoms with van der Waals surface area (Å²) in [5.74, 6) is -0.253. The smallest absolute Gasteiger partial charge is 0.345 e. The number of carbonyl (C=O) groups excluding carboxylic acids is 1. The van der Waals surface area contributed by atoms with Gasteiger partial charge in [-0.25, -0.2) is 14.5 Å². The number of carbonyl (C=O) groups is 1. The highest BCUT2D eigenvalue weighted by atomic mass is 35.5. The summed E-state index contributed by atoms with van der Waals surface area (Å²) < 4.78 is 8.87. The van der Waals surface area contributed by atoms with E-state index in [0.717, 1.165) is 5.69 Å². The fourth-order valence-corrected chi connectivity index (χ4v) is 3.51.